The molecule has 0 spiro atoms. The van der Waals surface area contributed by atoms with E-state index >= 15 is 0 Å². The molecule has 0 amide bonds. The molecule has 1 aromatic rings. The monoisotopic (exact) mass is 267 g/mol. The van der Waals surface area contributed by atoms with Crippen LogP contribution in [0.5, 0.6) is 0 Å². The van der Waals surface area contributed by atoms with Crippen LogP contribution in [0.15, 0.2) is 12.3 Å². The zero-order valence-electron chi connectivity index (χ0n) is 10.7. The van der Waals surface area contributed by atoms with E-state index in [9.17, 15) is 9.90 Å². The minimum absolute atomic E-state index is 0.0767. The van der Waals surface area contributed by atoms with Gasteiger partial charge in [-0.15, -0.1) is 0 Å². The molecule has 0 radical (unpaired) electrons. The van der Waals surface area contributed by atoms with Crippen molar-refractivity contribution in [2.75, 3.05) is 44.1 Å². The first kappa shape index (κ1) is 13.6. The highest BCUT2D eigenvalue weighted by Gasteiger charge is 2.27. The summed E-state index contributed by atoms with van der Waals surface area (Å²) < 4.78 is 10.0. The number of morpholine rings is 1. The Balaban J connectivity index is 2.39. The van der Waals surface area contributed by atoms with Gasteiger partial charge in [0.05, 0.1) is 44.9 Å². The lowest BCUT2D eigenvalue weighted by molar-refractivity contribution is 0.0592. The van der Waals surface area contributed by atoms with Crippen LogP contribution < -0.4 is 10.6 Å². The van der Waals surface area contributed by atoms with Gasteiger partial charge in [-0.05, 0) is 6.07 Å². The van der Waals surface area contributed by atoms with Crippen LogP contribution in [0.4, 0.5) is 11.5 Å². The molecule has 7 nitrogen and oxygen atoms in total. The number of aromatic nitrogens is 1. The van der Waals surface area contributed by atoms with E-state index in [1.807, 2.05) is 4.90 Å². The summed E-state index contributed by atoms with van der Waals surface area (Å²) in [6.45, 7) is 1.38. The highest BCUT2D eigenvalue weighted by Crippen LogP contribution is 2.24. The van der Waals surface area contributed by atoms with Gasteiger partial charge in [0.1, 0.15) is 11.4 Å². The summed E-state index contributed by atoms with van der Waals surface area (Å²) >= 11 is 0. The van der Waals surface area contributed by atoms with Crippen molar-refractivity contribution in [3.63, 3.8) is 0 Å². The second kappa shape index (κ2) is 5.85. The minimum Gasteiger partial charge on any atom is -0.465 e. The molecule has 2 heterocycles. The van der Waals surface area contributed by atoms with Gasteiger partial charge in [0.2, 0.25) is 0 Å². The summed E-state index contributed by atoms with van der Waals surface area (Å²) in [5, 5.41) is 9.37. The SMILES string of the molecule is COC(=O)c1cc(N)cnc1N1CCOCC1CO. The third-order valence-electron chi connectivity index (χ3n) is 3.00. The number of rotatable bonds is 3. The predicted octanol–water partition coefficient (Wildman–Crippen LogP) is -0.352. The molecular formula is C12H17N3O4. The van der Waals surface area contributed by atoms with Crippen LogP contribution >= 0.6 is 0 Å². The number of aliphatic hydroxyl groups excluding tert-OH is 1. The fourth-order valence-electron chi connectivity index (χ4n) is 2.05. The average molecular weight is 267 g/mol. The maximum Gasteiger partial charge on any atom is 0.341 e. The molecule has 104 valence electrons. The Hall–Kier alpha value is -1.86. The van der Waals surface area contributed by atoms with Gasteiger partial charge in [-0.3, -0.25) is 0 Å². The molecule has 19 heavy (non-hydrogen) atoms. The summed E-state index contributed by atoms with van der Waals surface area (Å²) in [4.78, 5) is 17.8. The maximum absolute atomic E-state index is 11.8. The molecule has 7 heteroatoms. The van der Waals surface area contributed by atoms with Gasteiger partial charge in [-0.1, -0.05) is 0 Å². The van der Waals surface area contributed by atoms with E-state index in [2.05, 4.69) is 4.98 Å². The predicted molar refractivity (Wildman–Crippen MR) is 69.0 cm³/mol. The summed E-state index contributed by atoms with van der Waals surface area (Å²) in [7, 11) is 1.30. The Morgan fingerprint density at radius 2 is 2.53 bits per heavy atom. The van der Waals surface area contributed by atoms with Gasteiger partial charge in [-0.25, -0.2) is 9.78 Å². The van der Waals surface area contributed by atoms with Gasteiger partial charge in [0.15, 0.2) is 0 Å². The first-order valence-corrected chi connectivity index (χ1v) is 5.96. The zero-order valence-corrected chi connectivity index (χ0v) is 10.7. The first-order chi connectivity index (χ1) is 9.17. The van der Waals surface area contributed by atoms with Crippen molar-refractivity contribution in [3.05, 3.63) is 17.8 Å². The second-order valence-electron chi connectivity index (χ2n) is 4.24. The molecule has 1 aliphatic rings. The molecule has 0 bridgehead atoms. The van der Waals surface area contributed by atoms with Crippen molar-refractivity contribution >= 4 is 17.5 Å². The van der Waals surface area contributed by atoms with Gasteiger partial charge in [-0.2, -0.15) is 0 Å². The number of nitrogen functional groups attached to an aromatic ring is 1. The van der Waals surface area contributed by atoms with E-state index in [4.69, 9.17) is 15.2 Å². The lowest BCUT2D eigenvalue weighted by Gasteiger charge is -2.36. The Bertz CT molecular complexity index is 466. The summed E-state index contributed by atoms with van der Waals surface area (Å²) in [5.41, 5.74) is 6.34. The highest BCUT2D eigenvalue weighted by atomic mass is 16.5. The fourth-order valence-corrected chi connectivity index (χ4v) is 2.05. The summed E-state index contributed by atoms with van der Waals surface area (Å²) in [6.07, 6.45) is 1.48. The van der Waals surface area contributed by atoms with Crippen molar-refractivity contribution in [3.8, 4) is 0 Å². The lowest BCUT2D eigenvalue weighted by Crippen LogP contribution is -2.48. The van der Waals surface area contributed by atoms with E-state index in [-0.39, 0.29) is 12.6 Å². The first-order valence-electron chi connectivity index (χ1n) is 5.96. The molecule has 1 aliphatic heterocycles. The number of ether oxygens (including phenoxy) is 2. The number of hydrogen-bond acceptors (Lipinski definition) is 7. The number of pyridine rings is 1. The lowest BCUT2D eigenvalue weighted by atomic mass is 10.1. The van der Waals surface area contributed by atoms with E-state index in [1.54, 1.807) is 0 Å². The minimum atomic E-state index is -0.502. The van der Waals surface area contributed by atoms with E-state index in [0.717, 1.165) is 0 Å². The zero-order chi connectivity index (χ0) is 13.8. The van der Waals surface area contributed by atoms with E-state index < -0.39 is 5.97 Å². The summed E-state index contributed by atoms with van der Waals surface area (Å²) in [5.74, 6) is -0.0404. The quantitative estimate of drug-likeness (QED) is 0.722. The standard InChI is InChI=1S/C12H17N3O4/c1-18-12(17)10-4-8(13)5-14-11(10)15-2-3-19-7-9(15)6-16/h4-5,9,16H,2-3,6-7,13H2,1H3. The topological polar surface area (TPSA) is 97.9 Å². The van der Waals surface area contributed by atoms with Crippen molar-refractivity contribution < 1.29 is 19.4 Å². The Morgan fingerprint density at radius 1 is 1.74 bits per heavy atom. The summed E-state index contributed by atoms with van der Waals surface area (Å²) in [6, 6.07) is 1.30. The number of methoxy groups -OCH3 is 1. The number of nitrogens with zero attached hydrogens (tertiary/aromatic N) is 2. The third kappa shape index (κ3) is 2.77. The smallest absolute Gasteiger partial charge is 0.341 e. The van der Waals surface area contributed by atoms with Crippen LogP contribution in [-0.2, 0) is 9.47 Å². The Labute approximate surface area is 110 Å². The van der Waals surface area contributed by atoms with Crippen LogP contribution in [0.1, 0.15) is 10.4 Å². The molecule has 1 saturated heterocycles. The molecule has 0 saturated carbocycles. The van der Waals surface area contributed by atoms with Crippen LogP contribution in [0.25, 0.3) is 0 Å². The number of anilines is 2. The van der Waals surface area contributed by atoms with Crippen LogP contribution in [0.3, 0.4) is 0 Å². The molecule has 1 unspecified atom stereocenters. The van der Waals surface area contributed by atoms with Gasteiger partial charge in [0.25, 0.3) is 0 Å². The van der Waals surface area contributed by atoms with Crippen LogP contribution in [-0.4, -0.2) is 55.6 Å². The van der Waals surface area contributed by atoms with Gasteiger partial charge >= 0.3 is 5.97 Å². The number of nitrogens with two attached hydrogens (primary N) is 1. The van der Waals surface area contributed by atoms with Crippen molar-refractivity contribution in [2.24, 2.45) is 0 Å². The molecule has 2 rings (SSSR count). The maximum atomic E-state index is 11.8. The average Bonchev–Trinajstić information content (AvgIpc) is 2.46. The largest absolute Gasteiger partial charge is 0.465 e. The Kier molecular flexibility index (Phi) is 4.18. The van der Waals surface area contributed by atoms with Crippen LogP contribution in [0, 0.1) is 0 Å². The van der Waals surface area contributed by atoms with Gasteiger partial charge in [0, 0.05) is 6.54 Å². The van der Waals surface area contributed by atoms with E-state index in [1.165, 1.54) is 19.4 Å². The molecule has 1 atom stereocenters. The molecule has 1 aromatic heterocycles. The normalized spacial score (nSPS) is 19.3. The van der Waals surface area contributed by atoms with Crippen molar-refractivity contribution in [1.29, 1.82) is 0 Å². The number of esters is 1. The molecule has 0 aromatic carbocycles. The Morgan fingerprint density at radius 3 is 3.21 bits per heavy atom. The second-order valence-corrected chi connectivity index (χ2v) is 4.24. The molecular weight excluding hydrogens is 250 g/mol. The molecule has 1 fully saturated rings. The van der Waals surface area contributed by atoms with E-state index in [0.29, 0.717) is 36.8 Å². The number of hydrogen-bond donors (Lipinski definition) is 2. The van der Waals surface area contributed by atoms with Crippen molar-refractivity contribution in [1.82, 2.24) is 4.98 Å². The highest BCUT2D eigenvalue weighted by molar-refractivity contribution is 5.95. The third-order valence-corrected chi connectivity index (χ3v) is 3.00. The molecule has 0 aliphatic carbocycles. The fraction of sp³-hybridized carbons (Fsp3) is 0.500. The molecule has 3 N–H and O–H groups in total. The number of carbonyl (C=O) groups is 1. The number of aliphatic hydroxyl groups is 1. The number of carbonyl (C=O) groups excluding carboxylic acids is 1. The van der Waals surface area contributed by atoms with Gasteiger partial charge < -0.3 is 25.2 Å². The van der Waals surface area contributed by atoms with Crippen LogP contribution in [0.2, 0.25) is 0 Å². The van der Waals surface area contributed by atoms with Crippen molar-refractivity contribution in [2.45, 2.75) is 6.04 Å².